The highest BCUT2D eigenvalue weighted by atomic mass is 19.1. The first-order chi connectivity index (χ1) is 7.84. The van der Waals surface area contributed by atoms with Gasteiger partial charge in [-0.25, -0.2) is 4.39 Å². The molecule has 0 unspecified atom stereocenters. The molecule has 0 aliphatic carbocycles. The van der Waals surface area contributed by atoms with Crippen LogP contribution in [-0.2, 0) is 12.8 Å². The highest BCUT2D eigenvalue weighted by molar-refractivity contribution is 5.49. The van der Waals surface area contributed by atoms with E-state index < -0.39 is 0 Å². The summed E-state index contributed by atoms with van der Waals surface area (Å²) in [5.41, 5.74) is 2.58. The van der Waals surface area contributed by atoms with E-state index in [-0.39, 0.29) is 5.82 Å². The summed E-state index contributed by atoms with van der Waals surface area (Å²) in [6.07, 6.45) is 1.40. The van der Waals surface area contributed by atoms with Gasteiger partial charge in [0.05, 0.1) is 5.69 Å². The van der Waals surface area contributed by atoms with Crippen LogP contribution >= 0.6 is 0 Å². The molecule has 1 aromatic carbocycles. The first-order valence-corrected chi connectivity index (χ1v) is 5.29. The molecule has 1 N–H and O–H groups in total. The van der Waals surface area contributed by atoms with Crippen LogP contribution in [0.5, 0.6) is 0 Å². The van der Waals surface area contributed by atoms with Crippen molar-refractivity contribution in [1.29, 1.82) is 0 Å². The topological polar surface area (TPSA) is 38.1 Å². The lowest BCUT2D eigenvalue weighted by molar-refractivity contribution is 0.426. The molecule has 0 bridgehead atoms. The smallest absolute Gasteiger partial charge is 0.228 e. The molecule has 0 saturated carbocycles. The first-order valence-electron chi connectivity index (χ1n) is 5.29. The molecule has 0 amide bonds. The van der Waals surface area contributed by atoms with Crippen molar-refractivity contribution in [2.45, 2.75) is 12.8 Å². The molecule has 1 aliphatic rings. The Hall–Kier alpha value is -1.84. The number of fused-ring (bicyclic) bond motifs is 1. The van der Waals surface area contributed by atoms with Crippen LogP contribution in [0, 0.1) is 5.82 Å². The van der Waals surface area contributed by atoms with Crippen LogP contribution in [-0.4, -0.2) is 11.7 Å². The third-order valence-corrected chi connectivity index (χ3v) is 2.85. The van der Waals surface area contributed by atoms with E-state index in [1.54, 1.807) is 12.1 Å². The molecule has 0 atom stereocenters. The Balaban J connectivity index is 1.92. The summed E-state index contributed by atoms with van der Waals surface area (Å²) in [7, 11) is 0. The Bertz CT molecular complexity index is 521. The molecular formula is C12H11FN2O. The Kier molecular flexibility index (Phi) is 2.13. The maximum atomic E-state index is 13.5. The summed E-state index contributed by atoms with van der Waals surface area (Å²) in [4.78, 5) is 0. The van der Waals surface area contributed by atoms with Crippen LogP contribution in [0.1, 0.15) is 16.8 Å². The molecule has 0 spiro atoms. The van der Waals surface area contributed by atoms with Gasteiger partial charge < -0.3 is 9.84 Å². The van der Waals surface area contributed by atoms with Gasteiger partial charge in [0.1, 0.15) is 5.82 Å². The lowest BCUT2D eigenvalue weighted by atomic mass is 10.1. The predicted octanol–water partition coefficient (Wildman–Crippen LogP) is 2.37. The Morgan fingerprint density at radius 2 is 2.25 bits per heavy atom. The summed E-state index contributed by atoms with van der Waals surface area (Å²) in [5, 5.41) is 7.07. The van der Waals surface area contributed by atoms with Gasteiger partial charge in [-0.2, -0.15) is 0 Å². The molecule has 82 valence electrons. The average molecular weight is 218 g/mol. The van der Waals surface area contributed by atoms with Crippen LogP contribution < -0.4 is 5.32 Å². The van der Waals surface area contributed by atoms with Crippen molar-refractivity contribution in [2.24, 2.45) is 0 Å². The molecule has 1 aliphatic heterocycles. The molecule has 1 aromatic heterocycles. The Morgan fingerprint density at radius 1 is 1.38 bits per heavy atom. The molecule has 2 aromatic rings. The van der Waals surface area contributed by atoms with Crippen molar-refractivity contribution in [1.82, 2.24) is 5.16 Å². The van der Waals surface area contributed by atoms with Gasteiger partial charge >= 0.3 is 0 Å². The fraction of sp³-hybridized carbons (Fsp3) is 0.250. The minimum Gasteiger partial charge on any atom is -0.353 e. The van der Waals surface area contributed by atoms with E-state index in [2.05, 4.69) is 10.5 Å². The molecule has 4 heteroatoms. The van der Waals surface area contributed by atoms with Gasteiger partial charge in [0.15, 0.2) is 0 Å². The third-order valence-electron chi connectivity index (χ3n) is 2.85. The van der Waals surface area contributed by atoms with Crippen LogP contribution in [0.25, 0.3) is 0 Å². The normalized spacial score (nSPS) is 13.6. The molecule has 16 heavy (non-hydrogen) atoms. The summed E-state index contributed by atoms with van der Waals surface area (Å²) >= 11 is 0. The van der Waals surface area contributed by atoms with E-state index in [9.17, 15) is 4.39 Å². The zero-order chi connectivity index (χ0) is 11.0. The summed E-state index contributed by atoms with van der Waals surface area (Å²) < 4.78 is 18.6. The van der Waals surface area contributed by atoms with Gasteiger partial charge in [-0.05, 0) is 18.1 Å². The number of rotatable bonds is 2. The Labute approximate surface area is 92.3 Å². The van der Waals surface area contributed by atoms with Crippen molar-refractivity contribution < 1.29 is 8.91 Å². The van der Waals surface area contributed by atoms with E-state index in [0.29, 0.717) is 12.0 Å². The number of anilines is 1. The van der Waals surface area contributed by atoms with Crippen molar-refractivity contribution in [2.75, 3.05) is 11.9 Å². The van der Waals surface area contributed by atoms with Crippen LogP contribution in [0.4, 0.5) is 10.3 Å². The minimum atomic E-state index is -0.190. The second kappa shape index (κ2) is 3.63. The fourth-order valence-electron chi connectivity index (χ4n) is 2.00. The van der Waals surface area contributed by atoms with Gasteiger partial charge in [0.25, 0.3) is 0 Å². The molecule has 0 fully saturated rings. The summed E-state index contributed by atoms with van der Waals surface area (Å²) in [6.45, 7) is 0.876. The highest BCUT2D eigenvalue weighted by Crippen LogP contribution is 2.27. The third kappa shape index (κ3) is 1.46. The number of aromatic nitrogens is 1. The molecule has 2 heterocycles. The van der Waals surface area contributed by atoms with Crippen LogP contribution in [0.15, 0.2) is 28.8 Å². The van der Waals surface area contributed by atoms with E-state index in [1.165, 1.54) is 6.07 Å². The standard InChI is InChI=1S/C12H11FN2O/c13-10-4-2-1-3-8(10)7-11-9-5-6-14-12(9)16-15-11/h1-4,14H,5-7H2. The van der Waals surface area contributed by atoms with Gasteiger partial charge in [-0.15, -0.1) is 0 Å². The van der Waals surface area contributed by atoms with E-state index in [4.69, 9.17) is 4.52 Å². The molecule has 0 saturated heterocycles. The lowest BCUT2D eigenvalue weighted by Gasteiger charge is -2.00. The molecule has 0 radical (unpaired) electrons. The lowest BCUT2D eigenvalue weighted by Crippen LogP contribution is -1.97. The number of nitrogens with zero attached hydrogens (tertiary/aromatic N) is 1. The second-order valence-electron chi connectivity index (χ2n) is 3.88. The Morgan fingerprint density at radius 3 is 3.12 bits per heavy atom. The van der Waals surface area contributed by atoms with Crippen LogP contribution in [0.3, 0.4) is 0 Å². The maximum absolute atomic E-state index is 13.5. The number of halogens is 1. The second-order valence-corrected chi connectivity index (χ2v) is 3.88. The van der Waals surface area contributed by atoms with Gasteiger partial charge in [0, 0.05) is 18.5 Å². The molecular weight excluding hydrogens is 207 g/mol. The average Bonchev–Trinajstić information content (AvgIpc) is 2.86. The van der Waals surface area contributed by atoms with Crippen LogP contribution in [0.2, 0.25) is 0 Å². The zero-order valence-corrected chi connectivity index (χ0v) is 8.66. The number of benzene rings is 1. The summed E-state index contributed by atoms with van der Waals surface area (Å²) in [5.74, 6) is 0.552. The van der Waals surface area contributed by atoms with E-state index >= 15 is 0 Å². The van der Waals surface area contributed by atoms with Gasteiger partial charge in [-0.3, -0.25) is 0 Å². The summed E-state index contributed by atoms with van der Waals surface area (Å²) in [6, 6.07) is 6.76. The van der Waals surface area contributed by atoms with E-state index in [1.807, 2.05) is 6.07 Å². The van der Waals surface area contributed by atoms with Gasteiger partial charge in [-0.1, -0.05) is 23.4 Å². The minimum absolute atomic E-state index is 0.190. The van der Waals surface area contributed by atoms with Crippen molar-refractivity contribution >= 4 is 5.88 Å². The molecule has 3 nitrogen and oxygen atoms in total. The quantitative estimate of drug-likeness (QED) is 0.840. The predicted molar refractivity (Wildman–Crippen MR) is 57.9 cm³/mol. The number of nitrogens with one attached hydrogen (secondary N) is 1. The maximum Gasteiger partial charge on any atom is 0.228 e. The largest absolute Gasteiger partial charge is 0.353 e. The monoisotopic (exact) mass is 218 g/mol. The first kappa shape index (κ1) is 9.39. The number of hydrogen-bond donors (Lipinski definition) is 1. The van der Waals surface area contributed by atoms with Crippen molar-refractivity contribution in [3.63, 3.8) is 0 Å². The highest BCUT2D eigenvalue weighted by Gasteiger charge is 2.21. The molecule has 3 rings (SSSR count). The number of hydrogen-bond acceptors (Lipinski definition) is 3. The van der Waals surface area contributed by atoms with E-state index in [0.717, 1.165) is 30.1 Å². The zero-order valence-electron chi connectivity index (χ0n) is 8.66. The van der Waals surface area contributed by atoms with Crippen molar-refractivity contribution in [3.05, 3.63) is 46.9 Å². The fourth-order valence-corrected chi connectivity index (χ4v) is 2.00. The SMILES string of the molecule is Fc1ccccc1Cc1noc2c1CCN2. The van der Waals surface area contributed by atoms with Crippen molar-refractivity contribution in [3.8, 4) is 0 Å². The van der Waals surface area contributed by atoms with Gasteiger partial charge in [0.2, 0.25) is 5.88 Å².